The lowest BCUT2D eigenvalue weighted by molar-refractivity contribution is 0.0971. The van der Waals surface area contributed by atoms with Crippen LogP contribution in [0.3, 0.4) is 0 Å². The zero-order chi connectivity index (χ0) is 13.1. The Kier molecular flexibility index (Phi) is 3.82. The third-order valence-electron chi connectivity index (χ3n) is 2.74. The van der Waals surface area contributed by atoms with Gasteiger partial charge in [-0.25, -0.2) is 4.98 Å². The lowest BCUT2D eigenvalue weighted by atomic mass is 10.1. The molecular weight excluding hydrogens is 248 g/mol. The minimum atomic E-state index is 0.0616. The summed E-state index contributed by atoms with van der Waals surface area (Å²) in [5.41, 5.74) is 0.669. The van der Waals surface area contributed by atoms with Crippen molar-refractivity contribution < 1.29 is 4.79 Å². The average Bonchev–Trinajstić information content (AvgIpc) is 2.78. The van der Waals surface area contributed by atoms with Crippen LogP contribution in [-0.4, -0.2) is 15.3 Å². The van der Waals surface area contributed by atoms with E-state index in [0.717, 1.165) is 5.82 Å². The van der Waals surface area contributed by atoms with Crippen LogP contribution >= 0.6 is 11.6 Å². The molecule has 1 aromatic heterocycles. The highest BCUT2D eigenvalue weighted by Crippen LogP contribution is 2.14. The van der Waals surface area contributed by atoms with E-state index in [0.29, 0.717) is 23.0 Å². The number of benzene rings is 1. The molecule has 0 aliphatic rings. The summed E-state index contributed by atoms with van der Waals surface area (Å²) in [7, 11) is 0. The molecule has 0 unspecified atom stereocenters. The highest BCUT2D eigenvalue weighted by Gasteiger charge is 2.11. The van der Waals surface area contributed by atoms with Gasteiger partial charge in [0.25, 0.3) is 0 Å². The lowest BCUT2D eigenvalue weighted by Gasteiger charge is -2.09. The fourth-order valence-corrected chi connectivity index (χ4v) is 1.96. The summed E-state index contributed by atoms with van der Waals surface area (Å²) in [4.78, 5) is 16.4. The first-order valence-electron chi connectivity index (χ1n) is 5.87. The second kappa shape index (κ2) is 5.36. The fraction of sp³-hybridized carbons (Fsp3) is 0.286. The third kappa shape index (κ3) is 2.79. The van der Waals surface area contributed by atoms with Crippen molar-refractivity contribution in [3.05, 3.63) is 53.1 Å². The molecule has 2 rings (SSSR count). The molecule has 0 radical (unpaired) electrons. The minimum Gasteiger partial charge on any atom is -0.327 e. The van der Waals surface area contributed by atoms with Crippen molar-refractivity contribution in [2.24, 2.45) is 0 Å². The number of carbonyl (C=O) groups excluding carboxylic acids is 1. The molecule has 0 fully saturated rings. The second-order valence-corrected chi connectivity index (χ2v) is 4.93. The number of Topliss-reactive ketones (excluding diaryl/α,β-unsaturated/α-hetero) is 1. The summed E-state index contributed by atoms with van der Waals surface area (Å²) in [5, 5.41) is 0.636. The standard InChI is InChI=1S/C14H15ClN2O/c1-10(2)14-16-7-8-17(14)9-13(18)11-3-5-12(15)6-4-11/h3-8,10H,9H2,1-2H3. The molecule has 2 aromatic rings. The second-order valence-electron chi connectivity index (χ2n) is 4.50. The number of ketones is 1. The van der Waals surface area contributed by atoms with E-state index in [-0.39, 0.29) is 5.78 Å². The SMILES string of the molecule is CC(C)c1nccn1CC(=O)c1ccc(Cl)cc1. The van der Waals surface area contributed by atoms with Crippen LogP contribution in [0, 0.1) is 0 Å². The molecule has 0 amide bonds. The van der Waals surface area contributed by atoms with Crippen LogP contribution < -0.4 is 0 Å². The maximum atomic E-state index is 12.1. The van der Waals surface area contributed by atoms with Gasteiger partial charge in [-0.3, -0.25) is 4.79 Å². The van der Waals surface area contributed by atoms with Crippen molar-refractivity contribution >= 4 is 17.4 Å². The first kappa shape index (κ1) is 12.8. The summed E-state index contributed by atoms with van der Waals surface area (Å²) in [6.45, 7) is 4.44. The van der Waals surface area contributed by atoms with Crippen LogP contribution in [0.1, 0.15) is 35.9 Å². The number of rotatable bonds is 4. The Bertz CT molecular complexity index is 543. The average molecular weight is 263 g/mol. The van der Waals surface area contributed by atoms with Gasteiger partial charge in [0, 0.05) is 28.9 Å². The van der Waals surface area contributed by atoms with Crippen molar-refractivity contribution in [2.75, 3.05) is 0 Å². The molecule has 0 N–H and O–H groups in total. The van der Waals surface area contributed by atoms with Crippen molar-refractivity contribution in [2.45, 2.75) is 26.3 Å². The Labute approximate surface area is 111 Å². The fourth-order valence-electron chi connectivity index (χ4n) is 1.84. The molecule has 1 heterocycles. The quantitative estimate of drug-likeness (QED) is 0.790. The summed E-state index contributed by atoms with van der Waals surface area (Å²) in [6.07, 6.45) is 3.56. The van der Waals surface area contributed by atoms with E-state index < -0.39 is 0 Å². The summed E-state index contributed by atoms with van der Waals surface area (Å²) in [5.74, 6) is 1.29. The van der Waals surface area contributed by atoms with Crippen molar-refractivity contribution in [3.8, 4) is 0 Å². The highest BCUT2D eigenvalue weighted by atomic mass is 35.5. The van der Waals surface area contributed by atoms with Gasteiger partial charge in [-0.05, 0) is 24.3 Å². The topological polar surface area (TPSA) is 34.9 Å². The van der Waals surface area contributed by atoms with Gasteiger partial charge in [0.1, 0.15) is 5.82 Å². The maximum absolute atomic E-state index is 12.1. The van der Waals surface area contributed by atoms with Gasteiger partial charge in [-0.15, -0.1) is 0 Å². The molecule has 0 spiro atoms. The molecule has 0 aliphatic heterocycles. The van der Waals surface area contributed by atoms with E-state index in [4.69, 9.17) is 11.6 Å². The van der Waals surface area contributed by atoms with Crippen LogP contribution in [0.25, 0.3) is 0 Å². The van der Waals surface area contributed by atoms with Gasteiger partial charge in [-0.2, -0.15) is 0 Å². The lowest BCUT2D eigenvalue weighted by Crippen LogP contribution is -2.13. The van der Waals surface area contributed by atoms with E-state index in [9.17, 15) is 4.79 Å². The first-order chi connectivity index (χ1) is 8.58. The highest BCUT2D eigenvalue weighted by molar-refractivity contribution is 6.30. The Morgan fingerprint density at radius 3 is 2.61 bits per heavy atom. The van der Waals surface area contributed by atoms with Gasteiger partial charge < -0.3 is 4.57 Å². The van der Waals surface area contributed by atoms with Crippen molar-refractivity contribution in [1.82, 2.24) is 9.55 Å². The van der Waals surface area contributed by atoms with Crippen LogP contribution in [0.5, 0.6) is 0 Å². The van der Waals surface area contributed by atoms with Crippen molar-refractivity contribution in [3.63, 3.8) is 0 Å². The normalized spacial score (nSPS) is 10.9. The Morgan fingerprint density at radius 1 is 1.33 bits per heavy atom. The van der Waals surface area contributed by atoms with Gasteiger partial charge >= 0.3 is 0 Å². The van der Waals surface area contributed by atoms with E-state index in [1.807, 2.05) is 10.8 Å². The van der Waals surface area contributed by atoms with E-state index in [1.165, 1.54) is 0 Å². The summed E-state index contributed by atoms with van der Waals surface area (Å²) in [6, 6.07) is 6.95. The molecular formula is C14H15ClN2O. The number of carbonyl (C=O) groups is 1. The summed E-state index contributed by atoms with van der Waals surface area (Å²) >= 11 is 5.80. The Hall–Kier alpha value is -1.61. The monoisotopic (exact) mass is 262 g/mol. The van der Waals surface area contributed by atoms with Crippen LogP contribution in [-0.2, 0) is 6.54 Å². The molecule has 0 atom stereocenters. The number of halogens is 1. The number of imidazole rings is 1. The molecule has 0 saturated heterocycles. The molecule has 94 valence electrons. The zero-order valence-electron chi connectivity index (χ0n) is 10.4. The first-order valence-corrected chi connectivity index (χ1v) is 6.25. The number of hydrogen-bond donors (Lipinski definition) is 0. The van der Waals surface area contributed by atoms with Crippen LogP contribution in [0.2, 0.25) is 5.02 Å². The zero-order valence-corrected chi connectivity index (χ0v) is 11.2. The van der Waals surface area contributed by atoms with E-state index in [1.54, 1.807) is 30.5 Å². The van der Waals surface area contributed by atoms with Crippen LogP contribution in [0.15, 0.2) is 36.7 Å². The van der Waals surface area contributed by atoms with Gasteiger partial charge in [0.2, 0.25) is 0 Å². The predicted octanol–water partition coefficient (Wildman–Crippen LogP) is 3.54. The molecule has 4 heteroatoms. The Morgan fingerprint density at radius 2 is 2.00 bits per heavy atom. The van der Waals surface area contributed by atoms with Crippen LogP contribution in [0.4, 0.5) is 0 Å². The third-order valence-corrected chi connectivity index (χ3v) is 3.00. The van der Waals surface area contributed by atoms with Gasteiger partial charge in [-0.1, -0.05) is 25.4 Å². The maximum Gasteiger partial charge on any atom is 0.182 e. The minimum absolute atomic E-state index is 0.0616. The van der Waals surface area contributed by atoms with E-state index in [2.05, 4.69) is 18.8 Å². The molecule has 1 aromatic carbocycles. The summed E-state index contributed by atoms with van der Waals surface area (Å²) < 4.78 is 1.89. The number of aromatic nitrogens is 2. The largest absolute Gasteiger partial charge is 0.327 e. The number of nitrogens with zero attached hydrogens (tertiary/aromatic N) is 2. The Balaban J connectivity index is 2.16. The van der Waals surface area contributed by atoms with E-state index >= 15 is 0 Å². The van der Waals surface area contributed by atoms with Gasteiger partial charge in [0.15, 0.2) is 5.78 Å². The molecule has 18 heavy (non-hydrogen) atoms. The smallest absolute Gasteiger partial charge is 0.182 e. The molecule has 3 nitrogen and oxygen atoms in total. The molecule has 0 saturated carbocycles. The molecule has 0 aliphatic carbocycles. The predicted molar refractivity (Wildman–Crippen MR) is 72.1 cm³/mol. The number of hydrogen-bond acceptors (Lipinski definition) is 2. The molecule has 0 bridgehead atoms. The van der Waals surface area contributed by atoms with Crippen molar-refractivity contribution in [1.29, 1.82) is 0 Å². The van der Waals surface area contributed by atoms with Gasteiger partial charge in [0.05, 0.1) is 6.54 Å².